The van der Waals surface area contributed by atoms with Gasteiger partial charge in [-0.25, -0.2) is 0 Å². The highest BCUT2D eigenvalue weighted by Crippen LogP contribution is 2.33. The number of hydrogen-bond donors (Lipinski definition) is 3. The number of carbonyl (C=O) groups excluding carboxylic acids is 1. The first-order valence-electron chi connectivity index (χ1n) is 5.27. The van der Waals surface area contributed by atoms with Crippen LogP contribution in [0.15, 0.2) is 45.3 Å². The van der Waals surface area contributed by atoms with E-state index >= 15 is 0 Å². The molecule has 0 atom stereocenters. The zero-order valence-corrected chi connectivity index (χ0v) is 12.7. The predicted octanol–water partition coefficient (Wildman–Crippen LogP) is 3.88. The van der Waals surface area contributed by atoms with Gasteiger partial charge in [0.05, 0.1) is 11.3 Å². The number of hydrogen-bond acceptors (Lipinski definition) is 3. The molecule has 4 nitrogen and oxygen atoms in total. The van der Waals surface area contributed by atoms with Crippen molar-refractivity contribution in [3.63, 3.8) is 0 Å². The molecule has 2 aromatic carbocycles. The highest BCUT2D eigenvalue weighted by Gasteiger charge is 2.16. The molecule has 0 spiro atoms. The molecule has 0 radical (unpaired) electrons. The Bertz CT molecular complexity index is 624. The molecule has 0 fully saturated rings. The van der Waals surface area contributed by atoms with Crippen LogP contribution < -0.4 is 5.32 Å². The SMILES string of the molecule is O=C(Nc1c(Br)cccc1Br)c1cccc(O)c1O. The molecule has 0 aliphatic carbocycles. The second-order valence-corrected chi connectivity index (χ2v) is 5.43. The minimum atomic E-state index is -0.513. The topological polar surface area (TPSA) is 69.6 Å². The Morgan fingerprint density at radius 3 is 2.21 bits per heavy atom. The number of aromatic hydroxyl groups is 2. The van der Waals surface area contributed by atoms with Gasteiger partial charge in [0.2, 0.25) is 0 Å². The number of para-hydroxylation sites is 2. The lowest BCUT2D eigenvalue weighted by molar-refractivity contribution is 0.102. The van der Waals surface area contributed by atoms with E-state index in [1.54, 1.807) is 12.1 Å². The maximum Gasteiger partial charge on any atom is 0.259 e. The van der Waals surface area contributed by atoms with E-state index < -0.39 is 11.7 Å². The maximum absolute atomic E-state index is 12.1. The third-order valence-corrected chi connectivity index (χ3v) is 3.78. The van der Waals surface area contributed by atoms with E-state index in [-0.39, 0.29) is 11.3 Å². The first-order valence-corrected chi connectivity index (χ1v) is 6.85. The minimum Gasteiger partial charge on any atom is -0.504 e. The lowest BCUT2D eigenvalue weighted by Crippen LogP contribution is -2.12. The van der Waals surface area contributed by atoms with Crippen molar-refractivity contribution in [1.82, 2.24) is 0 Å². The van der Waals surface area contributed by atoms with Gasteiger partial charge in [-0.05, 0) is 56.1 Å². The van der Waals surface area contributed by atoms with Crippen LogP contribution in [0.1, 0.15) is 10.4 Å². The van der Waals surface area contributed by atoms with Crippen LogP contribution in [0.4, 0.5) is 5.69 Å². The number of amides is 1. The Hall–Kier alpha value is -1.53. The lowest BCUT2D eigenvalue weighted by Gasteiger charge is -2.10. The normalized spacial score (nSPS) is 10.2. The van der Waals surface area contributed by atoms with Crippen LogP contribution in [0, 0.1) is 0 Å². The molecular weight excluding hydrogens is 378 g/mol. The lowest BCUT2D eigenvalue weighted by atomic mass is 10.1. The summed E-state index contributed by atoms with van der Waals surface area (Å²) in [5.74, 6) is -1.29. The van der Waals surface area contributed by atoms with Crippen LogP contribution in [0.5, 0.6) is 11.5 Å². The summed E-state index contributed by atoms with van der Waals surface area (Å²) in [6.45, 7) is 0. The van der Waals surface area contributed by atoms with Gasteiger partial charge in [0.1, 0.15) is 0 Å². The second-order valence-electron chi connectivity index (χ2n) is 3.72. The van der Waals surface area contributed by atoms with Crippen molar-refractivity contribution < 1.29 is 15.0 Å². The Morgan fingerprint density at radius 2 is 1.58 bits per heavy atom. The fourth-order valence-electron chi connectivity index (χ4n) is 1.51. The summed E-state index contributed by atoms with van der Waals surface area (Å²) in [4.78, 5) is 12.1. The largest absolute Gasteiger partial charge is 0.504 e. The van der Waals surface area contributed by atoms with Crippen LogP contribution >= 0.6 is 31.9 Å². The molecule has 0 aliphatic rings. The molecule has 0 unspecified atom stereocenters. The van der Waals surface area contributed by atoms with E-state index in [0.29, 0.717) is 14.6 Å². The molecule has 19 heavy (non-hydrogen) atoms. The number of rotatable bonds is 2. The van der Waals surface area contributed by atoms with Crippen LogP contribution in [0.3, 0.4) is 0 Å². The first kappa shape index (κ1) is 13.9. The van der Waals surface area contributed by atoms with Crippen molar-refractivity contribution in [3.05, 3.63) is 50.9 Å². The van der Waals surface area contributed by atoms with Crippen molar-refractivity contribution in [2.75, 3.05) is 5.32 Å². The van der Waals surface area contributed by atoms with Gasteiger partial charge in [0.15, 0.2) is 11.5 Å². The molecule has 1 amide bonds. The second kappa shape index (κ2) is 5.63. The van der Waals surface area contributed by atoms with E-state index in [9.17, 15) is 15.0 Å². The molecule has 6 heteroatoms. The Labute approximate surface area is 126 Å². The molecule has 0 aromatic heterocycles. The van der Waals surface area contributed by atoms with E-state index in [2.05, 4.69) is 37.2 Å². The summed E-state index contributed by atoms with van der Waals surface area (Å²) in [6, 6.07) is 9.59. The molecule has 2 rings (SSSR count). The summed E-state index contributed by atoms with van der Waals surface area (Å²) in [5, 5.41) is 21.7. The summed E-state index contributed by atoms with van der Waals surface area (Å²) < 4.78 is 1.41. The molecule has 3 N–H and O–H groups in total. The number of anilines is 1. The van der Waals surface area contributed by atoms with Crippen molar-refractivity contribution in [2.45, 2.75) is 0 Å². The molecule has 98 valence electrons. The van der Waals surface area contributed by atoms with Crippen LogP contribution in [0.2, 0.25) is 0 Å². The summed E-state index contributed by atoms with van der Waals surface area (Å²) in [6.07, 6.45) is 0. The predicted molar refractivity (Wildman–Crippen MR) is 79.6 cm³/mol. The summed E-state index contributed by atoms with van der Waals surface area (Å²) in [7, 11) is 0. The zero-order valence-electron chi connectivity index (χ0n) is 9.52. The summed E-state index contributed by atoms with van der Waals surface area (Å²) >= 11 is 6.65. The highest BCUT2D eigenvalue weighted by molar-refractivity contribution is 9.11. The highest BCUT2D eigenvalue weighted by atomic mass is 79.9. The van der Waals surface area contributed by atoms with Crippen LogP contribution in [-0.4, -0.2) is 16.1 Å². The zero-order chi connectivity index (χ0) is 14.0. The van der Waals surface area contributed by atoms with Crippen molar-refractivity contribution >= 4 is 43.5 Å². The number of phenols is 2. The number of halogens is 2. The smallest absolute Gasteiger partial charge is 0.259 e. The van der Waals surface area contributed by atoms with Gasteiger partial charge in [0, 0.05) is 8.95 Å². The van der Waals surface area contributed by atoms with Gasteiger partial charge in [0.25, 0.3) is 5.91 Å². The molecule has 0 saturated heterocycles. The summed E-state index contributed by atoms with van der Waals surface area (Å²) in [5.41, 5.74) is 0.554. The molecule has 0 aliphatic heterocycles. The fourth-order valence-corrected chi connectivity index (χ4v) is 2.71. The van der Waals surface area contributed by atoms with Crippen molar-refractivity contribution in [3.8, 4) is 11.5 Å². The van der Waals surface area contributed by atoms with Crippen molar-refractivity contribution in [1.29, 1.82) is 0 Å². The quantitative estimate of drug-likeness (QED) is 0.686. The Balaban J connectivity index is 2.34. The number of phenolic OH excluding ortho intramolecular Hbond substituents is 2. The van der Waals surface area contributed by atoms with Gasteiger partial charge in [-0.3, -0.25) is 4.79 Å². The number of carbonyl (C=O) groups is 1. The van der Waals surface area contributed by atoms with E-state index in [1.807, 2.05) is 6.07 Å². The minimum absolute atomic E-state index is 0.00246. The van der Waals surface area contributed by atoms with Gasteiger partial charge in [-0.1, -0.05) is 12.1 Å². The number of benzene rings is 2. The first-order chi connectivity index (χ1) is 9.00. The van der Waals surface area contributed by atoms with Gasteiger partial charge < -0.3 is 15.5 Å². The average Bonchev–Trinajstić information content (AvgIpc) is 2.37. The standard InChI is InChI=1S/C13H9Br2NO3/c14-8-4-2-5-9(15)11(8)16-13(19)7-3-1-6-10(17)12(7)18/h1-6,17-18H,(H,16,19). The van der Waals surface area contributed by atoms with Crippen LogP contribution in [-0.2, 0) is 0 Å². The van der Waals surface area contributed by atoms with Crippen LogP contribution in [0.25, 0.3) is 0 Å². The number of nitrogens with one attached hydrogen (secondary N) is 1. The van der Waals surface area contributed by atoms with Gasteiger partial charge >= 0.3 is 0 Å². The monoisotopic (exact) mass is 385 g/mol. The molecule has 0 heterocycles. The van der Waals surface area contributed by atoms with Crippen molar-refractivity contribution in [2.24, 2.45) is 0 Å². The third kappa shape index (κ3) is 2.90. The molecule has 0 saturated carbocycles. The average molecular weight is 387 g/mol. The fraction of sp³-hybridized carbons (Fsp3) is 0. The van der Waals surface area contributed by atoms with Gasteiger partial charge in [-0.2, -0.15) is 0 Å². The van der Waals surface area contributed by atoms with Gasteiger partial charge in [-0.15, -0.1) is 0 Å². The maximum atomic E-state index is 12.1. The van der Waals surface area contributed by atoms with E-state index in [4.69, 9.17) is 0 Å². The Morgan fingerprint density at radius 1 is 1.00 bits per heavy atom. The third-order valence-electron chi connectivity index (χ3n) is 2.46. The molecule has 2 aromatic rings. The van der Waals surface area contributed by atoms with E-state index in [0.717, 1.165) is 0 Å². The Kier molecular flexibility index (Phi) is 4.11. The molecular formula is C13H9Br2NO3. The van der Waals surface area contributed by atoms with E-state index in [1.165, 1.54) is 18.2 Å². The molecule has 0 bridgehead atoms.